The number of anilines is 1. The molecule has 110 valence electrons. The molecular formula is C16H24BrN3. The highest BCUT2D eigenvalue weighted by Gasteiger charge is 2.25. The fourth-order valence-electron chi connectivity index (χ4n) is 2.20. The van der Waals surface area contributed by atoms with Crippen molar-refractivity contribution in [3.63, 3.8) is 0 Å². The lowest BCUT2D eigenvalue weighted by Crippen LogP contribution is -2.43. The van der Waals surface area contributed by atoms with E-state index in [1.54, 1.807) is 0 Å². The molecule has 0 amide bonds. The van der Waals surface area contributed by atoms with Crippen molar-refractivity contribution in [2.45, 2.75) is 51.7 Å². The molecule has 1 heterocycles. The smallest absolute Gasteiger partial charge is 0.133 e. The Morgan fingerprint density at radius 1 is 1.50 bits per heavy atom. The Kier molecular flexibility index (Phi) is 4.86. The van der Waals surface area contributed by atoms with Crippen molar-refractivity contribution in [3.05, 3.63) is 35.0 Å². The Morgan fingerprint density at radius 2 is 2.20 bits per heavy atom. The third-order valence-corrected chi connectivity index (χ3v) is 3.88. The molecule has 1 N–H and O–H groups in total. The molecule has 0 bridgehead atoms. The first kappa shape index (κ1) is 15.5. The zero-order valence-electron chi connectivity index (χ0n) is 12.6. The lowest BCUT2D eigenvalue weighted by Gasteiger charge is -2.37. The average Bonchev–Trinajstić information content (AvgIpc) is 3.17. The van der Waals surface area contributed by atoms with Crippen LogP contribution in [0.4, 0.5) is 5.82 Å². The zero-order valence-corrected chi connectivity index (χ0v) is 14.2. The molecule has 1 aromatic heterocycles. The molecule has 1 fully saturated rings. The average molecular weight is 338 g/mol. The van der Waals surface area contributed by atoms with Crippen LogP contribution in [-0.2, 0) is 6.54 Å². The van der Waals surface area contributed by atoms with E-state index in [1.165, 1.54) is 18.4 Å². The minimum absolute atomic E-state index is 0.0172. The number of rotatable bonds is 6. The second kappa shape index (κ2) is 6.27. The molecule has 0 spiro atoms. The third-order valence-electron chi connectivity index (χ3n) is 3.45. The Bertz CT molecular complexity index is 475. The lowest BCUT2D eigenvalue weighted by molar-refractivity contribution is 0.514. The number of halogens is 1. The monoisotopic (exact) mass is 337 g/mol. The molecule has 3 nitrogen and oxygen atoms in total. The second-order valence-electron chi connectivity index (χ2n) is 6.36. The van der Waals surface area contributed by atoms with Gasteiger partial charge in [-0.15, -0.1) is 6.58 Å². The van der Waals surface area contributed by atoms with Crippen molar-refractivity contribution in [1.82, 2.24) is 10.3 Å². The summed E-state index contributed by atoms with van der Waals surface area (Å²) in [7, 11) is 0. The topological polar surface area (TPSA) is 28.2 Å². The van der Waals surface area contributed by atoms with E-state index in [4.69, 9.17) is 0 Å². The molecule has 2 rings (SSSR count). The molecule has 0 aromatic carbocycles. The van der Waals surface area contributed by atoms with E-state index in [-0.39, 0.29) is 5.54 Å². The van der Waals surface area contributed by atoms with Gasteiger partial charge in [0, 0.05) is 40.9 Å². The van der Waals surface area contributed by atoms with Gasteiger partial charge in [0.1, 0.15) is 5.82 Å². The summed E-state index contributed by atoms with van der Waals surface area (Å²) in [4.78, 5) is 6.96. The van der Waals surface area contributed by atoms with Gasteiger partial charge in [0.2, 0.25) is 0 Å². The number of hydrogen-bond acceptors (Lipinski definition) is 3. The maximum Gasteiger partial charge on any atom is 0.133 e. The summed E-state index contributed by atoms with van der Waals surface area (Å²) >= 11 is 3.53. The highest BCUT2D eigenvalue weighted by molar-refractivity contribution is 9.10. The van der Waals surface area contributed by atoms with Crippen molar-refractivity contribution in [3.8, 4) is 0 Å². The van der Waals surface area contributed by atoms with Gasteiger partial charge in [0.15, 0.2) is 0 Å². The lowest BCUT2D eigenvalue weighted by atomic mass is 10.0. The fraction of sp³-hybridized carbons (Fsp3) is 0.562. The molecule has 1 aromatic rings. The van der Waals surface area contributed by atoms with Crippen molar-refractivity contribution in [2.75, 3.05) is 11.4 Å². The molecule has 0 aliphatic heterocycles. The molecule has 20 heavy (non-hydrogen) atoms. The summed E-state index contributed by atoms with van der Waals surface area (Å²) in [6.45, 7) is 12.2. The van der Waals surface area contributed by atoms with Gasteiger partial charge in [-0.2, -0.15) is 0 Å². The second-order valence-corrected chi connectivity index (χ2v) is 7.28. The third kappa shape index (κ3) is 4.06. The summed E-state index contributed by atoms with van der Waals surface area (Å²) in [6.07, 6.45) is 6.41. The van der Waals surface area contributed by atoms with Gasteiger partial charge < -0.3 is 10.2 Å². The molecule has 0 saturated heterocycles. The standard InChI is InChI=1S/C16H24BrN3/c1-5-8-20(16(2,3)4)15-12(9-13(17)11-19-15)10-18-14-6-7-14/h5,9,11,14,18H,1,6-8,10H2,2-4H3. The molecule has 0 unspecified atom stereocenters. The van der Waals surface area contributed by atoms with Gasteiger partial charge in [-0.3, -0.25) is 0 Å². The van der Waals surface area contributed by atoms with Gasteiger partial charge in [-0.1, -0.05) is 6.08 Å². The van der Waals surface area contributed by atoms with Crippen molar-refractivity contribution in [1.29, 1.82) is 0 Å². The van der Waals surface area contributed by atoms with E-state index in [9.17, 15) is 0 Å². The van der Waals surface area contributed by atoms with Crippen LogP contribution in [0.25, 0.3) is 0 Å². The van der Waals surface area contributed by atoms with Crippen LogP contribution in [0.1, 0.15) is 39.2 Å². The van der Waals surface area contributed by atoms with E-state index in [0.717, 1.165) is 23.4 Å². The van der Waals surface area contributed by atoms with Gasteiger partial charge in [-0.05, 0) is 55.6 Å². The number of pyridine rings is 1. The number of hydrogen-bond donors (Lipinski definition) is 1. The van der Waals surface area contributed by atoms with Crippen LogP contribution in [0, 0.1) is 0 Å². The Morgan fingerprint density at radius 3 is 2.75 bits per heavy atom. The quantitative estimate of drug-likeness (QED) is 0.798. The van der Waals surface area contributed by atoms with Crippen molar-refractivity contribution < 1.29 is 0 Å². The Labute approximate surface area is 130 Å². The van der Waals surface area contributed by atoms with Gasteiger partial charge in [0.05, 0.1) is 0 Å². The van der Waals surface area contributed by atoms with Crippen LogP contribution in [0.2, 0.25) is 0 Å². The van der Waals surface area contributed by atoms with Crippen LogP contribution in [0.3, 0.4) is 0 Å². The highest BCUT2D eigenvalue weighted by Crippen LogP contribution is 2.28. The van der Waals surface area contributed by atoms with Crippen molar-refractivity contribution >= 4 is 21.7 Å². The van der Waals surface area contributed by atoms with E-state index < -0.39 is 0 Å². The number of aromatic nitrogens is 1. The summed E-state index contributed by atoms with van der Waals surface area (Å²) < 4.78 is 1.03. The van der Waals surface area contributed by atoms with Crippen LogP contribution in [0.15, 0.2) is 29.4 Å². The normalized spacial score (nSPS) is 15.2. The first-order chi connectivity index (χ1) is 9.41. The molecule has 1 saturated carbocycles. The van der Waals surface area contributed by atoms with Crippen molar-refractivity contribution in [2.24, 2.45) is 0 Å². The van der Waals surface area contributed by atoms with Gasteiger partial charge in [0.25, 0.3) is 0 Å². The first-order valence-corrected chi connectivity index (χ1v) is 7.97. The maximum atomic E-state index is 4.65. The zero-order chi connectivity index (χ0) is 14.8. The Hall–Kier alpha value is -0.870. The minimum Gasteiger partial charge on any atom is -0.348 e. The summed E-state index contributed by atoms with van der Waals surface area (Å²) in [5, 5.41) is 3.58. The molecule has 4 heteroatoms. The van der Waals surface area contributed by atoms with Gasteiger partial charge >= 0.3 is 0 Å². The minimum atomic E-state index is 0.0172. The summed E-state index contributed by atoms with van der Waals surface area (Å²) in [5.74, 6) is 1.05. The predicted molar refractivity (Wildman–Crippen MR) is 89.1 cm³/mol. The molecule has 0 radical (unpaired) electrons. The maximum absolute atomic E-state index is 4.65. The summed E-state index contributed by atoms with van der Waals surface area (Å²) in [5.41, 5.74) is 1.26. The van der Waals surface area contributed by atoms with E-state index >= 15 is 0 Å². The molecule has 0 atom stereocenters. The van der Waals surface area contributed by atoms with E-state index in [2.05, 4.69) is 64.5 Å². The SMILES string of the molecule is C=CCN(c1ncc(Br)cc1CNC1CC1)C(C)(C)C. The Balaban J connectivity index is 2.28. The first-order valence-electron chi connectivity index (χ1n) is 7.18. The van der Waals surface area contributed by atoms with Gasteiger partial charge in [-0.25, -0.2) is 4.98 Å². The van der Waals surface area contributed by atoms with E-state index in [1.807, 2.05) is 12.3 Å². The van der Waals surface area contributed by atoms with Crippen LogP contribution in [-0.4, -0.2) is 23.1 Å². The van der Waals surface area contributed by atoms with Crippen LogP contribution < -0.4 is 10.2 Å². The molecule has 1 aliphatic rings. The molecule has 1 aliphatic carbocycles. The fourth-order valence-corrected chi connectivity index (χ4v) is 2.57. The summed E-state index contributed by atoms with van der Waals surface area (Å²) in [6, 6.07) is 2.86. The number of nitrogens with zero attached hydrogens (tertiary/aromatic N) is 2. The predicted octanol–water partition coefficient (Wildman–Crippen LogP) is 3.89. The molecular weight excluding hydrogens is 314 g/mol. The van der Waals surface area contributed by atoms with Crippen LogP contribution in [0.5, 0.6) is 0 Å². The number of nitrogens with one attached hydrogen (secondary N) is 1. The largest absolute Gasteiger partial charge is 0.348 e. The highest BCUT2D eigenvalue weighted by atomic mass is 79.9. The van der Waals surface area contributed by atoms with E-state index in [0.29, 0.717) is 6.04 Å². The van der Waals surface area contributed by atoms with Crippen LogP contribution >= 0.6 is 15.9 Å².